The second-order valence-electron chi connectivity index (χ2n) is 7.05. The van der Waals surface area contributed by atoms with Gasteiger partial charge in [0.25, 0.3) is 11.5 Å². The summed E-state index contributed by atoms with van der Waals surface area (Å²) in [4.78, 5) is 54.3. The van der Waals surface area contributed by atoms with Crippen LogP contribution >= 0.6 is 0 Å². The van der Waals surface area contributed by atoms with E-state index in [1.807, 2.05) is 6.92 Å². The summed E-state index contributed by atoms with van der Waals surface area (Å²) in [7, 11) is 0. The molecule has 0 saturated heterocycles. The normalized spacial score (nSPS) is 11.6. The molecule has 0 saturated carbocycles. The molecule has 1 heterocycles. The molecule has 1 aromatic heterocycles. The van der Waals surface area contributed by atoms with Crippen LogP contribution in [0.4, 0.5) is 0 Å². The molecule has 10 nitrogen and oxygen atoms in total. The molecule has 5 N–H and O–H groups in total. The zero-order valence-electron chi connectivity index (χ0n) is 17.7. The summed E-state index contributed by atoms with van der Waals surface area (Å²) in [5.74, 6) is -1.94. The zero-order valence-corrected chi connectivity index (χ0v) is 17.7. The van der Waals surface area contributed by atoms with Crippen molar-refractivity contribution in [3.63, 3.8) is 0 Å². The molecule has 1 unspecified atom stereocenters. The predicted molar refractivity (Wildman–Crippen MR) is 113 cm³/mol. The number of carbonyl (C=O) groups excluding carboxylic acids is 2. The van der Waals surface area contributed by atoms with Crippen LogP contribution in [0.1, 0.15) is 47.8 Å². The predicted octanol–water partition coefficient (Wildman–Crippen LogP) is 1.29. The van der Waals surface area contributed by atoms with Gasteiger partial charge in [0.05, 0.1) is 12.2 Å². The van der Waals surface area contributed by atoms with Gasteiger partial charge < -0.3 is 25.9 Å². The van der Waals surface area contributed by atoms with Gasteiger partial charge in [-0.05, 0) is 44.9 Å². The number of amides is 2. The molecule has 2 rings (SSSR count). The van der Waals surface area contributed by atoms with E-state index in [-0.39, 0.29) is 29.8 Å². The highest BCUT2D eigenvalue weighted by Crippen LogP contribution is 2.29. The number of ether oxygens (including phenoxy) is 1. The smallest absolute Gasteiger partial charge is 0.326 e. The molecule has 31 heavy (non-hydrogen) atoms. The Morgan fingerprint density at radius 3 is 2.58 bits per heavy atom. The number of carboxylic acid groups (broad SMARTS) is 1. The van der Waals surface area contributed by atoms with Gasteiger partial charge in [-0.1, -0.05) is 6.92 Å². The summed E-state index contributed by atoms with van der Waals surface area (Å²) in [6.45, 7) is 5.71. The van der Waals surface area contributed by atoms with Gasteiger partial charge >= 0.3 is 5.97 Å². The van der Waals surface area contributed by atoms with E-state index >= 15 is 0 Å². The number of carbonyl (C=O) groups is 3. The number of aromatic nitrogens is 2. The first-order valence-corrected chi connectivity index (χ1v) is 9.80. The highest BCUT2D eigenvalue weighted by atomic mass is 16.5. The third-order valence-electron chi connectivity index (χ3n) is 4.64. The van der Waals surface area contributed by atoms with Crippen LogP contribution in [0.3, 0.4) is 0 Å². The number of benzene rings is 1. The minimum Gasteiger partial charge on any atom is -0.493 e. The number of aryl methyl sites for hydroxylation is 1. The SMILES string of the molecule is CCCOc1ccc(C(=O)NC(CCC(N)=O)C(=O)O)cc1-c1nc(C)c(C)c(=O)[nH]1. The van der Waals surface area contributed by atoms with E-state index in [4.69, 9.17) is 10.5 Å². The highest BCUT2D eigenvalue weighted by Gasteiger charge is 2.22. The van der Waals surface area contributed by atoms with E-state index in [2.05, 4.69) is 15.3 Å². The number of aromatic amines is 1. The number of nitrogens with two attached hydrogens (primary N) is 1. The van der Waals surface area contributed by atoms with Crippen molar-refractivity contribution in [2.45, 2.75) is 46.1 Å². The Morgan fingerprint density at radius 1 is 1.29 bits per heavy atom. The Balaban J connectivity index is 2.42. The second kappa shape index (κ2) is 10.4. The average Bonchev–Trinajstić information content (AvgIpc) is 2.72. The monoisotopic (exact) mass is 430 g/mol. The standard InChI is InChI=1S/C21H26N4O6/c1-4-9-31-16-7-5-13(20(28)24-15(21(29)30)6-8-17(22)26)10-14(16)18-23-12(3)11(2)19(27)25-18/h5,7,10,15H,4,6,8-9H2,1-3H3,(H2,22,26)(H,24,28)(H,29,30)(H,23,25,27). The molecular formula is C21H26N4O6. The molecule has 0 spiro atoms. The fraction of sp³-hybridized carbons (Fsp3) is 0.381. The van der Waals surface area contributed by atoms with Crippen LogP contribution in [-0.2, 0) is 9.59 Å². The summed E-state index contributed by atoms with van der Waals surface area (Å²) in [5.41, 5.74) is 6.31. The summed E-state index contributed by atoms with van der Waals surface area (Å²) < 4.78 is 5.73. The average molecular weight is 430 g/mol. The maximum Gasteiger partial charge on any atom is 0.326 e. The first-order valence-electron chi connectivity index (χ1n) is 9.80. The molecule has 0 bridgehead atoms. The number of H-pyrrole nitrogens is 1. The van der Waals surface area contributed by atoms with Crippen molar-refractivity contribution in [1.82, 2.24) is 15.3 Å². The maximum absolute atomic E-state index is 12.7. The molecule has 0 aliphatic rings. The highest BCUT2D eigenvalue weighted by molar-refractivity contribution is 5.98. The van der Waals surface area contributed by atoms with Crippen LogP contribution in [0, 0.1) is 13.8 Å². The third kappa shape index (κ3) is 6.14. The Kier molecular flexibility index (Phi) is 7.89. The van der Waals surface area contributed by atoms with E-state index in [9.17, 15) is 24.3 Å². The van der Waals surface area contributed by atoms with Crippen LogP contribution < -0.4 is 21.3 Å². The quantitative estimate of drug-likeness (QED) is 0.441. The van der Waals surface area contributed by atoms with Crippen LogP contribution in [0.2, 0.25) is 0 Å². The molecule has 166 valence electrons. The Morgan fingerprint density at radius 2 is 2.00 bits per heavy atom. The number of hydrogen-bond donors (Lipinski definition) is 4. The molecule has 2 amide bonds. The van der Waals surface area contributed by atoms with Crippen molar-refractivity contribution in [1.29, 1.82) is 0 Å². The van der Waals surface area contributed by atoms with Crippen LogP contribution in [0.15, 0.2) is 23.0 Å². The summed E-state index contributed by atoms with van der Waals surface area (Å²) in [6, 6.07) is 3.24. The van der Waals surface area contributed by atoms with Crippen molar-refractivity contribution < 1.29 is 24.2 Å². The minimum atomic E-state index is -1.28. The summed E-state index contributed by atoms with van der Waals surface area (Å²) in [6.07, 6.45) is 0.436. The Bertz CT molecular complexity index is 1050. The number of hydrogen-bond acceptors (Lipinski definition) is 6. The first kappa shape index (κ1) is 23.6. The second-order valence-corrected chi connectivity index (χ2v) is 7.05. The molecule has 0 aliphatic carbocycles. The van der Waals surface area contributed by atoms with E-state index < -0.39 is 23.8 Å². The van der Waals surface area contributed by atoms with Gasteiger partial charge in [0.2, 0.25) is 5.91 Å². The van der Waals surface area contributed by atoms with Gasteiger partial charge in [-0.25, -0.2) is 9.78 Å². The van der Waals surface area contributed by atoms with Gasteiger partial charge in [0.1, 0.15) is 17.6 Å². The number of nitrogens with zero attached hydrogens (tertiary/aromatic N) is 1. The summed E-state index contributed by atoms with van der Waals surface area (Å²) >= 11 is 0. The number of rotatable bonds is 10. The van der Waals surface area contributed by atoms with Gasteiger partial charge in [-0.3, -0.25) is 14.4 Å². The third-order valence-corrected chi connectivity index (χ3v) is 4.64. The lowest BCUT2D eigenvalue weighted by Crippen LogP contribution is -2.41. The number of aliphatic carboxylic acids is 1. The van der Waals surface area contributed by atoms with Crippen LogP contribution in [0.25, 0.3) is 11.4 Å². The van der Waals surface area contributed by atoms with E-state index in [0.717, 1.165) is 6.42 Å². The topological polar surface area (TPSA) is 164 Å². The lowest BCUT2D eigenvalue weighted by molar-refractivity contribution is -0.139. The molecule has 2 aromatic rings. The van der Waals surface area contributed by atoms with Gasteiger partial charge in [-0.2, -0.15) is 0 Å². The molecule has 1 atom stereocenters. The lowest BCUT2D eigenvalue weighted by Gasteiger charge is -2.16. The Labute approximate surface area is 178 Å². The van der Waals surface area contributed by atoms with Crippen LogP contribution in [0.5, 0.6) is 5.75 Å². The number of nitrogens with one attached hydrogen (secondary N) is 2. The Hall–Kier alpha value is -3.69. The fourth-order valence-corrected chi connectivity index (χ4v) is 2.75. The van der Waals surface area contributed by atoms with Crippen LogP contribution in [-0.4, -0.2) is 45.5 Å². The van der Waals surface area contributed by atoms with E-state index in [1.165, 1.54) is 12.1 Å². The minimum absolute atomic E-state index is 0.132. The van der Waals surface area contributed by atoms with Gasteiger partial charge in [0, 0.05) is 23.2 Å². The van der Waals surface area contributed by atoms with E-state index in [0.29, 0.717) is 29.2 Å². The lowest BCUT2D eigenvalue weighted by atomic mass is 10.1. The largest absolute Gasteiger partial charge is 0.493 e. The van der Waals surface area contributed by atoms with Crippen molar-refractivity contribution in [3.05, 3.63) is 45.4 Å². The first-order chi connectivity index (χ1) is 14.6. The number of primary amides is 1. The zero-order chi connectivity index (χ0) is 23.1. The molecule has 10 heteroatoms. The maximum atomic E-state index is 12.7. The van der Waals surface area contributed by atoms with Crippen molar-refractivity contribution >= 4 is 17.8 Å². The molecule has 0 radical (unpaired) electrons. The van der Waals surface area contributed by atoms with Crippen molar-refractivity contribution in [2.24, 2.45) is 5.73 Å². The van der Waals surface area contributed by atoms with Crippen molar-refractivity contribution in [2.75, 3.05) is 6.61 Å². The summed E-state index contributed by atoms with van der Waals surface area (Å²) in [5, 5.41) is 11.7. The van der Waals surface area contributed by atoms with Gasteiger partial charge in [0.15, 0.2) is 0 Å². The molecular weight excluding hydrogens is 404 g/mol. The molecule has 0 fully saturated rings. The van der Waals surface area contributed by atoms with Gasteiger partial charge in [-0.15, -0.1) is 0 Å². The van der Waals surface area contributed by atoms with Crippen molar-refractivity contribution in [3.8, 4) is 17.1 Å². The molecule has 1 aromatic carbocycles. The fourth-order valence-electron chi connectivity index (χ4n) is 2.75. The molecule has 0 aliphatic heterocycles. The number of carboxylic acids is 1. The van der Waals surface area contributed by atoms with E-state index in [1.54, 1.807) is 19.9 Å².